The molecule has 24 heavy (non-hydrogen) atoms. The van der Waals surface area contributed by atoms with E-state index in [1.165, 1.54) is 12.3 Å². The van der Waals surface area contributed by atoms with Crippen LogP contribution in [0.4, 0.5) is 22.0 Å². The van der Waals surface area contributed by atoms with E-state index in [9.17, 15) is 4.39 Å². The van der Waals surface area contributed by atoms with Crippen LogP contribution in [-0.4, -0.2) is 55.2 Å². The van der Waals surface area contributed by atoms with Crippen LogP contribution in [0.15, 0.2) is 30.6 Å². The summed E-state index contributed by atoms with van der Waals surface area (Å²) in [4.78, 5) is 19.4. The first-order valence-corrected chi connectivity index (χ1v) is 8.14. The lowest BCUT2D eigenvalue weighted by Crippen LogP contribution is -2.47. The Labute approximate surface area is 142 Å². The number of aromatic nitrogens is 3. The highest BCUT2D eigenvalue weighted by Crippen LogP contribution is 2.23. The summed E-state index contributed by atoms with van der Waals surface area (Å²) in [6.07, 6.45) is 5.22. The highest BCUT2D eigenvalue weighted by molar-refractivity contribution is 5.45. The van der Waals surface area contributed by atoms with Crippen molar-refractivity contribution < 1.29 is 4.39 Å². The molecular formula is C17H23FN6. The fraction of sp³-hybridized carbons (Fsp3) is 0.471. The van der Waals surface area contributed by atoms with Crippen LogP contribution in [-0.2, 0) is 0 Å². The summed E-state index contributed by atoms with van der Waals surface area (Å²) in [5.41, 5.74) is 0. The zero-order chi connectivity index (χ0) is 17.1. The van der Waals surface area contributed by atoms with Gasteiger partial charge in [-0.05, 0) is 31.0 Å². The van der Waals surface area contributed by atoms with Crippen molar-refractivity contribution in [2.24, 2.45) is 0 Å². The van der Waals surface area contributed by atoms with Gasteiger partial charge < -0.3 is 14.7 Å². The Balaban J connectivity index is 1.74. The average molecular weight is 330 g/mol. The second-order valence-electron chi connectivity index (χ2n) is 6.30. The Hall–Kier alpha value is -2.44. The molecule has 6 nitrogen and oxygen atoms in total. The number of anilines is 3. The van der Waals surface area contributed by atoms with Crippen molar-refractivity contribution in [3.63, 3.8) is 0 Å². The summed E-state index contributed by atoms with van der Waals surface area (Å²) < 4.78 is 13.1. The minimum atomic E-state index is -0.304. The van der Waals surface area contributed by atoms with E-state index in [0.717, 1.165) is 37.6 Å². The largest absolute Gasteiger partial charge is 0.355 e. The Morgan fingerprint density at radius 2 is 2.00 bits per heavy atom. The van der Waals surface area contributed by atoms with Crippen LogP contribution in [0.1, 0.15) is 12.8 Å². The SMILES string of the molecule is CN(C)c1nccc(N(C)C2CCCN(c3ccc(F)cn3)C2)n1. The monoisotopic (exact) mass is 330 g/mol. The Bertz CT molecular complexity index is 675. The molecule has 0 aromatic carbocycles. The molecule has 1 aliphatic rings. The van der Waals surface area contributed by atoms with Gasteiger partial charge in [0.25, 0.3) is 0 Å². The lowest BCUT2D eigenvalue weighted by atomic mass is 10.0. The predicted molar refractivity (Wildman–Crippen MR) is 94.2 cm³/mol. The summed E-state index contributed by atoms with van der Waals surface area (Å²) >= 11 is 0. The second kappa shape index (κ2) is 6.98. The molecule has 0 bridgehead atoms. The fourth-order valence-electron chi connectivity index (χ4n) is 2.97. The molecule has 2 aromatic heterocycles. The summed E-state index contributed by atoms with van der Waals surface area (Å²) in [6, 6.07) is 5.47. The van der Waals surface area contributed by atoms with E-state index in [4.69, 9.17) is 0 Å². The zero-order valence-corrected chi connectivity index (χ0v) is 14.4. The topological polar surface area (TPSA) is 48.4 Å². The molecule has 1 fully saturated rings. The molecule has 1 atom stereocenters. The van der Waals surface area contributed by atoms with E-state index in [1.54, 1.807) is 12.3 Å². The van der Waals surface area contributed by atoms with E-state index in [1.807, 2.05) is 25.1 Å². The first kappa shape index (κ1) is 16.4. The van der Waals surface area contributed by atoms with Crippen LogP contribution < -0.4 is 14.7 Å². The van der Waals surface area contributed by atoms with Gasteiger partial charge in [0.15, 0.2) is 0 Å². The zero-order valence-electron chi connectivity index (χ0n) is 14.4. The minimum Gasteiger partial charge on any atom is -0.355 e. The molecule has 0 radical (unpaired) electrons. The molecule has 0 amide bonds. The minimum absolute atomic E-state index is 0.304. The number of rotatable bonds is 4. The van der Waals surface area contributed by atoms with Gasteiger partial charge in [0, 0.05) is 46.5 Å². The first-order valence-electron chi connectivity index (χ1n) is 8.14. The van der Waals surface area contributed by atoms with Crippen LogP contribution >= 0.6 is 0 Å². The van der Waals surface area contributed by atoms with Gasteiger partial charge in [-0.3, -0.25) is 0 Å². The first-order chi connectivity index (χ1) is 11.5. The van der Waals surface area contributed by atoms with Crippen molar-refractivity contribution in [3.8, 4) is 0 Å². The van der Waals surface area contributed by atoms with Crippen molar-refractivity contribution in [2.45, 2.75) is 18.9 Å². The van der Waals surface area contributed by atoms with Gasteiger partial charge in [-0.1, -0.05) is 0 Å². The summed E-state index contributed by atoms with van der Waals surface area (Å²) in [7, 11) is 5.93. The molecule has 0 spiro atoms. The summed E-state index contributed by atoms with van der Waals surface area (Å²) in [6.45, 7) is 1.78. The fourth-order valence-corrected chi connectivity index (χ4v) is 2.97. The summed E-state index contributed by atoms with van der Waals surface area (Å²) in [5, 5.41) is 0. The number of nitrogens with zero attached hydrogens (tertiary/aromatic N) is 6. The Kier molecular flexibility index (Phi) is 4.78. The Morgan fingerprint density at radius 3 is 2.71 bits per heavy atom. The molecule has 7 heteroatoms. The van der Waals surface area contributed by atoms with Crippen molar-refractivity contribution in [1.29, 1.82) is 0 Å². The predicted octanol–water partition coefficient (Wildman–Crippen LogP) is 2.18. The van der Waals surface area contributed by atoms with E-state index in [2.05, 4.69) is 31.8 Å². The molecule has 3 heterocycles. The van der Waals surface area contributed by atoms with Crippen molar-refractivity contribution >= 4 is 17.6 Å². The van der Waals surface area contributed by atoms with Crippen molar-refractivity contribution in [1.82, 2.24) is 15.0 Å². The number of halogens is 1. The second-order valence-corrected chi connectivity index (χ2v) is 6.30. The van der Waals surface area contributed by atoms with Gasteiger partial charge in [0.1, 0.15) is 17.5 Å². The molecule has 0 N–H and O–H groups in total. The molecule has 2 aromatic rings. The van der Waals surface area contributed by atoms with Crippen LogP contribution in [0.25, 0.3) is 0 Å². The van der Waals surface area contributed by atoms with E-state index < -0.39 is 0 Å². The quantitative estimate of drug-likeness (QED) is 0.856. The van der Waals surface area contributed by atoms with Gasteiger partial charge in [-0.15, -0.1) is 0 Å². The molecule has 1 aliphatic heterocycles. The maximum atomic E-state index is 13.1. The third kappa shape index (κ3) is 3.55. The smallest absolute Gasteiger partial charge is 0.226 e. The molecule has 1 saturated heterocycles. The lowest BCUT2D eigenvalue weighted by molar-refractivity contribution is 0.483. The van der Waals surface area contributed by atoms with E-state index in [-0.39, 0.29) is 5.82 Å². The molecular weight excluding hydrogens is 307 g/mol. The number of hydrogen-bond donors (Lipinski definition) is 0. The van der Waals surface area contributed by atoms with Gasteiger partial charge in [-0.25, -0.2) is 14.4 Å². The maximum Gasteiger partial charge on any atom is 0.226 e. The molecule has 1 unspecified atom stereocenters. The van der Waals surface area contributed by atoms with E-state index in [0.29, 0.717) is 12.0 Å². The van der Waals surface area contributed by atoms with Crippen LogP contribution in [0.2, 0.25) is 0 Å². The molecule has 0 aliphatic carbocycles. The van der Waals surface area contributed by atoms with Crippen molar-refractivity contribution in [2.75, 3.05) is 48.9 Å². The number of piperidine rings is 1. The summed E-state index contributed by atoms with van der Waals surface area (Å²) in [5.74, 6) is 2.13. The van der Waals surface area contributed by atoms with Crippen LogP contribution in [0.5, 0.6) is 0 Å². The van der Waals surface area contributed by atoms with Gasteiger partial charge >= 0.3 is 0 Å². The van der Waals surface area contributed by atoms with E-state index >= 15 is 0 Å². The third-order valence-electron chi connectivity index (χ3n) is 4.37. The lowest BCUT2D eigenvalue weighted by Gasteiger charge is -2.38. The third-order valence-corrected chi connectivity index (χ3v) is 4.37. The number of hydrogen-bond acceptors (Lipinski definition) is 6. The van der Waals surface area contributed by atoms with Gasteiger partial charge in [-0.2, -0.15) is 4.98 Å². The number of likely N-dealkylation sites (N-methyl/N-ethyl adjacent to an activating group) is 1. The van der Waals surface area contributed by atoms with Gasteiger partial charge in [0.05, 0.1) is 6.20 Å². The highest BCUT2D eigenvalue weighted by Gasteiger charge is 2.25. The van der Waals surface area contributed by atoms with Crippen molar-refractivity contribution in [3.05, 3.63) is 36.4 Å². The van der Waals surface area contributed by atoms with Gasteiger partial charge in [0.2, 0.25) is 5.95 Å². The highest BCUT2D eigenvalue weighted by atomic mass is 19.1. The molecule has 128 valence electrons. The van der Waals surface area contributed by atoms with Crippen LogP contribution in [0.3, 0.4) is 0 Å². The molecule has 0 saturated carbocycles. The van der Waals surface area contributed by atoms with Crippen LogP contribution in [0, 0.1) is 5.82 Å². The Morgan fingerprint density at radius 1 is 1.17 bits per heavy atom. The maximum absolute atomic E-state index is 13.1. The normalized spacial score (nSPS) is 17.7. The standard InChI is InChI=1S/C17H23FN6/c1-22(2)17-19-9-8-16(21-17)23(3)14-5-4-10-24(12-14)15-7-6-13(18)11-20-15/h6-9,11,14H,4-5,10,12H2,1-3H3. The number of pyridine rings is 1. The average Bonchev–Trinajstić information content (AvgIpc) is 2.62. The molecule has 3 rings (SSSR count).